The Kier molecular flexibility index (Phi) is 3.47. The molecule has 0 spiro atoms. The largest absolute Gasteiger partial charge is 0.478 e. The number of carboxylic acid groups (broad SMARTS) is 1. The number of carbonyl (C=O) groups is 1. The summed E-state index contributed by atoms with van der Waals surface area (Å²) >= 11 is 0. The molecule has 0 fully saturated rings. The summed E-state index contributed by atoms with van der Waals surface area (Å²) in [4.78, 5) is 10.3. The van der Waals surface area contributed by atoms with Gasteiger partial charge in [0.1, 0.15) is 5.82 Å². The van der Waals surface area contributed by atoms with E-state index in [1.165, 1.54) is 18.2 Å². The van der Waals surface area contributed by atoms with Crippen LogP contribution in [0.1, 0.15) is 17.3 Å². The van der Waals surface area contributed by atoms with Crippen molar-refractivity contribution in [2.24, 2.45) is 0 Å². The zero-order chi connectivity index (χ0) is 13.0. The molecule has 5 nitrogen and oxygen atoms in total. The summed E-state index contributed by atoms with van der Waals surface area (Å²) in [6, 6.07) is 5.92. The normalized spacial score (nSPS) is 10.9. The van der Waals surface area contributed by atoms with Crippen molar-refractivity contribution in [1.82, 2.24) is 10.2 Å². The molecule has 1 N–H and O–H groups in total. The van der Waals surface area contributed by atoms with Crippen LogP contribution in [0.25, 0.3) is 6.08 Å². The van der Waals surface area contributed by atoms with Crippen LogP contribution in [-0.4, -0.2) is 21.3 Å². The molecular formula is C12H9FN2O3. The molecule has 1 aromatic carbocycles. The fourth-order valence-electron chi connectivity index (χ4n) is 1.32. The van der Waals surface area contributed by atoms with Crippen LogP contribution in [0.3, 0.4) is 0 Å². The minimum absolute atomic E-state index is 0.120. The van der Waals surface area contributed by atoms with E-state index in [4.69, 9.17) is 9.52 Å². The lowest BCUT2D eigenvalue weighted by Crippen LogP contribution is -1.88. The van der Waals surface area contributed by atoms with Gasteiger partial charge >= 0.3 is 5.97 Å². The number of hydrogen-bond acceptors (Lipinski definition) is 4. The van der Waals surface area contributed by atoms with Gasteiger partial charge in [0, 0.05) is 12.2 Å². The van der Waals surface area contributed by atoms with Gasteiger partial charge in [-0.3, -0.25) is 0 Å². The molecule has 18 heavy (non-hydrogen) atoms. The Morgan fingerprint density at radius 3 is 2.72 bits per heavy atom. The highest BCUT2D eigenvalue weighted by atomic mass is 19.1. The first-order chi connectivity index (χ1) is 8.63. The van der Waals surface area contributed by atoms with Crippen LogP contribution in [0.5, 0.6) is 0 Å². The second-order valence-corrected chi connectivity index (χ2v) is 3.51. The van der Waals surface area contributed by atoms with E-state index in [1.807, 2.05) is 0 Å². The van der Waals surface area contributed by atoms with E-state index in [9.17, 15) is 9.18 Å². The molecule has 0 amide bonds. The fraction of sp³-hybridized carbons (Fsp3) is 0.0833. The van der Waals surface area contributed by atoms with Gasteiger partial charge in [0.15, 0.2) is 0 Å². The number of aliphatic carboxylic acids is 1. The first kappa shape index (κ1) is 12.0. The smallest absolute Gasteiger partial charge is 0.328 e. The average Bonchev–Trinajstić information content (AvgIpc) is 2.77. The van der Waals surface area contributed by atoms with Crippen molar-refractivity contribution >= 4 is 12.0 Å². The van der Waals surface area contributed by atoms with Crippen molar-refractivity contribution in [2.45, 2.75) is 6.42 Å². The number of hydrogen-bond donors (Lipinski definition) is 1. The molecule has 0 radical (unpaired) electrons. The van der Waals surface area contributed by atoms with E-state index >= 15 is 0 Å². The molecule has 2 rings (SSSR count). The van der Waals surface area contributed by atoms with Gasteiger partial charge < -0.3 is 9.52 Å². The lowest BCUT2D eigenvalue weighted by atomic mass is 10.1. The molecule has 0 unspecified atom stereocenters. The zero-order valence-corrected chi connectivity index (χ0v) is 9.21. The molecule has 0 saturated heterocycles. The molecule has 0 atom stereocenters. The highest BCUT2D eigenvalue weighted by molar-refractivity contribution is 5.84. The highest BCUT2D eigenvalue weighted by Crippen LogP contribution is 2.10. The van der Waals surface area contributed by atoms with Crippen molar-refractivity contribution in [2.75, 3.05) is 0 Å². The predicted molar refractivity (Wildman–Crippen MR) is 60.2 cm³/mol. The molecule has 2 aromatic rings. The van der Waals surface area contributed by atoms with E-state index < -0.39 is 5.97 Å². The number of carboxylic acids is 1. The summed E-state index contributed by atoms with van der Waals surface area (Å²) in [5.74, 6) is -0.941. The van der Waals surface area contributed by atoms with Crippen LogP contribution >= 0.6 is 0 Å². The van der Waals surface area contributed by atoms with Crippen molar-refractivity contribution in [1.29, 1.82) is 0 Å². The van der Waals surface area contributed by atoms with Crippen molar-refractivity contribution < 1.29 is 18.7 Å². The van der Waals surface area contributed by atoms with E-state index in [1.54, 1.807) is 12.1 Å². The third-order valence-electron chi connectivity index (χ3n) is 2.12. The van der Waals surface area contributed by atoms with Crippen molar-refractivity contribution in [3.63, 3.8) is 0 Å². The summed E-state index contributed by atoms with van der Waals surface area (Å²) in [5.41, 5.74) is 0.828. The summed E-state index contributed by atoms with van der Waals surface area (Å²) in [5, 5.41) is 15.8. The lowest BCUT2D eigenvalue weighted by molar-refractivity contribution is -0.131. The first-order valence-corrected chi connectivity index (χ1v) is 5.11. The number of rotatable bonds is 4. The highest BCUT2D eigenvalue weighted by Gasteiger charge is 2.05. The summed E-state index contributed by atoms with van der Waals surface area (Å²) in [6.07, 6.45) is 2.49. The monoisotopic (exact) mass is 248 g/mol. The number of halogens is 1. The summed E-state index contributed by atoms with van der Waals surface area (Å²) < 4.78 is 17.9. The van der Waals surface area contributed by atoms with E-state index in [0.717, 1.165) is 11.6 Å². The van der Waals surface area contributed by atoms with Crippen LogP contribution in [0.2, 0.25) is 0 Å². The van der Waals surface area contributed by atoms with E-state index in [-0.39, 0.29) is 11.7 Å². The van der Waals surface area contributed by atoms with Gasteiger partial charge in [0.05, 0.1) is 6.42 Å². The molecule has 0 aliphatic rings. The third kappa shape index (κ3) is 3.24. The van der Waals surface area contributed by atoms with Gasteiger partial charge in [-0.1, -0.05) is 12.1 Å². The van der Waals surface area contributed by atoms with Gasteiger partial charge in [-0.2, -0.15) is 0 Å². The maximum atomic E-state index is 12.7. The average molecular weight is 248 g/mol. The SMILES string of the molecule is O=C(O)/C=C/c1nnc(Cc2ccc(F)cc2)o1. The van der Waals surface area contributed by atoms with Crippen molar-refractivity contribution in [3.8, 4) is 0 Å². The molecule has 0 bridgehead atoms. The van der Waals surface area contributed by atoms with Crippen LogP contribution < -0.4 is 0 Å². The van der Waals surface area contributed by atoms with Gasteiger partial charge in [-0.05, 0) is 17.7 Å². The maximum Gasteiger partial charge on any atom is 0.328 e. The standard InChI is InChI=1S/C12H9FN2O3/c13-9-3-1-8(2-4-9)7-11-15-14-10(18-11)5-6-12(16)17/h1-6H,7H2,(H,16,17)/b6-5+. The van der Waals surface area contributed by atoms with E-state index in [0.29, 0.717) is 12.3 Å². The number of nitrogens with zero attached hydrogens (tertiary/aromatic N) is 2. The van der Waals surface area contributed by atoms with Crippen LogP contribution in [0.4, 0.5) is 4.39 Å². The third-order valence-corrected chi connectivity index (χ3v) is 2.12. The second kappa shape index (κ2) is 5.22. The summed E-state index contributed by atoms with van der Waals surface area (Å²) in [7, 11) is 0. The topological polar surface area (TPSA) is 76.2 Å². The Morgan fingerprint density at radius 2 is 2.06 bits per heavy atom. The Morgan fingerprint density at radius 1 is 1.33 bits per heavy atom. The van der Waals surface area contributed by atoms with Crippen LogP contribution in [0.15, 0.2) is 34.8 Å². The van der Waals surface area contributed by atoms with E-state index in [2.05, 4.69) is 10.2 Å². The minimum atomic E-state index is -1.09. The van der Waals surface area contributed by atoms with Crippen LogP contribution in [-0.2, 0) is 11.2 Å². The number of benzene rings is 1. The second-order valence-electron chi connectivity index (χ2n) is 3.51. The molecule has 1 heterocycles. The van der Waals surface area contributed by atoms with Crippen molar-refractivity contribution in [3.05, 3.63) is 53.5 Å². The Labute approximate surface area is 102 Å². The quantitative estimate of drug-likeness (QED) is 0.836. The Hall–Kier alpha value is -2.50. The van der Waals surface area contributed by atoms with Gasteiger partial charge in [-0.15, -0.1) is 10.2 Å². The molecular weight excluding hydrogens is 239 g/mol. The minimum Gasteiger partial charge on any atom is -0.478 e. The molecule has 92 valence electrons. The molecule has 0 aliphatic carbocycles. The molecule has 0 saturated carbocycles. The van der Waals surface area contributed by atoms with Gasteiger partial charge in [0.25, 0.3) is 0 Å². The molecule has 6 heteroatoms. The first-order valence-electron chi connectivity index (χ1n) is 5.11. The van der Waals surface area contributed by atoms with Gasteiger partial charge in [-0.25, -0.2) is 9.18 Å². The Balaban J connectivity index is 2.06. The molecule has 1 aromatic heterocycles. The lowest BCUT2D eigenvalue weighted by Gasteiger charge is -1.95. The van der Waals surface area contributed by atoms with Crippen LogP contribution in [0, 0.1) is 5.82 Å². The molecule has 0 aliphatic heterocycles. The number of aromatic nitrogens is 2. The summed E-state index contributed by atoms with van der Waals surface area (Å²) in [6.45, 7) is 0. The Bertz CT molecular complexity index is 575. The predicted octanol–water partition coefficient (Wildman–Crippen LogP) is 1.90. The maximum absolute atomic E-state index is 12.7. The van der Waals surface area contributed by atoms with Gasteiger partial charge in [0.2, 0.25) is 11.8 Å². The zero-order valence-electron chi connectivity index (χ0n) is 9.21. The fourth-order valence-corrected chi connectivity index (χ4v) is 1.32.